The fourth-order valence-electron chi connectivity index (χ4n) is 1.89. The van der Waals surface area contributed by atoms with Crippen LogP contribution < -0.4 is 15.0 Å². The Hall–Kier alpha value is -2.41. The van der Waals surface area contributed by atoms with Gasteiger partial charge in [0.2, 0.25) is 5.91 Å². The van der Waals surface area contributed by atoms with Gasteiger partial charge >= 0.3 is 6.03 Å². The Labute approximate surface area is 142 Å². The molecule has 0 unspecified atom stereocenters. The molecule has 1 aromatic carbocycles. The minimum atomic E-state index is -0.438. The maximum atomic E-state index is 11.8. The number of nitrogens with one attached hydrogen (secondary N) is 1. The van der Waals surface area contributed by atoms with E-state index in [2.05, 4.69) is 31.2 Å². The molecule has 0 aromatic heterocycles. The monoisotopic (exact) mass is 335 g/mol. The number of nitrogens with zero attached hydrogens (tertiary/aromatic N) is 2. The Morgan fingerprint density at radius 3 is 2.54 bits per heavy atom. The van der Waals surface area contributed by atoms with Crippen LogP contribution >= 0.6 is 0 Å². The van der Waals surface area contributed by atoms with Crippen molar-refractivity contribution in [3.05, 3.63) is 23.8 Å². The summed E-state index contributed by atoms with van der Waals surface area (Å²) in [7, 11) is 4.11. The molecule has 0 spiro atoms. The standard InChI is InChI=1S/C13H14N2O4.C4H11N/c1-9-2-3-10(19-7-6-16)8-11(9)15-5-4-12(17)14-13(15)18;1-4-5(2)3/h2-3,6,8H,4-5,7H2,1H3,(H,14,17,18);4H2,1-3H3. The number of amides is 3. The average Bonchev–Trinajstić information content (AvgIpc) is 2.55. The minimum Gasteiger partial charge on any atom is -0.486 e. The van der Waals surface area contributed by atoms with Gasteiger partial charge in [0.1, 0.15) is 12.4 Å². The summed E-state index contributed by atoms with van der Waals surface area (Å²) in [4.78, 5) is 36.8. The molecule has 1 aliphatic heterocycles. The van der Waals surface area contributed by atoms with Crippen LogP contribution in [0.2, 0.25) is 0 Å². The number of aldehydes is 1. The lowest BCUT2D eigenvalue weighted by Crippen LogP contribution is -2.49. The van der Waals surface area contributed by atoms with E-state index in [1.54, 1.807) is 18.2 Å². The van der Waals surface area contributed by atoms with Crippen molar-refractivity contribution in [3.63, 3.8) is 0 Å². The van der Waals surface area contributed by atoms with Crippen molar-refractivity contribution in [3.8, 4) is 5.75 Å². The molecule has 2 rings (SSSR count). The largest absolute Gasteiger partial charge is 0.486 e. The van der Waals surface area contributed by atoms with Gasteiger partial charge in [0.25, 0.3) is 0 Å². The van der Waals surface area contributed by atoms with Gasteiger partial charge in [-0.2, -0.15) is 0 Å². The first-order valence-corrected chi connectivity index (χ1v) is 7.82. The molecule has 0 radical (unpaired) electrons. The van der Waals surface area contributed by atoms with Crippen molar-refractivity contribution in [2.75, 3.05) is 38.7 Å². The first kappa shape index (κ1) is 19.6. The highest BCUT2D eigenvalue weighted by molar-refractivity contribution is 6.06. The topological polar surface area (TPSA) is 79.0 Å². The van der Waals surface area contributed by atoms with E-state index >= 15 is 0 Å². The number of hydrogen-bond donors (Lipinski definition) is 1. The third kappa shape index (κ3) is 6.00. The van der Waals surface area contributed by atoms with E-state index in [-0.39, 0.29) is 18.9 Å². The Balaban J connectivity index is 0.000000505. The second-order valence-electron chi connectivity index (χ2n) is 5.58. The molecule has 7 nitrogen and oxygen atoms in total. The Morgan fingerprint density at radius 1 is 1.33 bits per heavy atom. The lowest BCUT2D eigenvalue weighted by molar-refractivity contribution is -0.120. The molecule has 0 bridgehead atoms. The highest BCUT2D eigenvalue weighted by Crippen LogP contribution is 2.27. The van der Waals surface area contributed by atoms with Crippen LogP contribution in [0.25, 0.3) is 0 Å². The van der Waals surface area contributed by atoms with Gasteiger partial charge in [-0.25, -0.2) is 4.79 Å². The van der Waals surface area contributed by atoms with Crippen LogP contribution in [0, 0.1) is 6.92 Å². The summed E-state index contributed by atoms with van der Waals surface area (Å²) >= 11 is 0. The van der Waals surface area contributed by atoms with Crippen molar-refractivity contribution in [1.29, 1.82) is 0 Å². The molecule has 132 valence electrons. The fourth-order valence-corrected chi connectivity index (χ4v) is 1.89. The van der Waals surface area contributed by atoms with E-state index in [0.29, 0.717) is 24.3 Å². The van der Waals surface area contributed by atoms with Crippen LogP contribution in [0.1, 0.15) is 18.9 Å². The molecular weight excluding hydrogens is 310 g/mol. The van der Waals surface area contributed by atoms with Gasteiger partial charge in [0.15, 0.2) is 6.29 Å². The van der Waals surface area contributed by atoms with E-state index in [1.807, 2.05) is 6.92 Å². The Kier molecular flexibility index (Phi) is 7.91. The lowest BCUT2D eigenvalue weighted by atomic mass is 10.1. The van der Waals surface area contributed by atoms with E-state index in [1.165, 1.54) is 4.90 Å². The number of aryl methyl sites for hydroxylation is 1. The SMILES string of the molecule is CCN(C)C.Cc1ccc(OCC=O)cc1N1CCC(=O)NC1=O. The maximum absolute atomic E-state index is 11.8. The van der Waals surface area contributed by atoms with Crippen LogP contribution in [-0.2, 0) is 9.59 Å². The number of ether oxygens (including phenoxy) is 1. The molecule has 24 heavy (non-hydrogen) atoms. The molecule has 1 heterocycles. The summed E-state index contributed by atoms with van der Waals surface area (Å²) in [5.41, 5.74) is 1.57. The van der Waals surface area contributed by atoms with Crippen LogP contribution in [0.15, 0.2) is 18.2 Å². The van der Waals surface area contributed by atoms with Crippen molar-refractivity contribution < 1.29 is 19.1 Å². The highest BCUT2D eigenvalue weighted by Gasteiger charge is 2.25. The third-order valence-corrected chi connectivity index (χ3v) is 3.48. The second-order valence-corrected chi connectivity index (χ2v) is 5.58. The van der Waals surface area contributed by atoms with Gasteiger partial charge in [-0.1, -0.05) is 13.0 Å². The number of hydrogen-bond acceptors (Lipinski definition) is 5. The summed E-state index contributed by atoms with van der Waals surface area (Å²) < 4.78 is 5.20. The lowest BCUT2D eigenvalue weighted by Gasteiger charge is -2.28. The number of carbonyl (C=O) groups excluding carboxylic acids is 3. The van der Waals surface area contributed by atoms with E-state index < -0.39 is 6.03 Å². The Morgan fingerprint density at radius 2 is 2.00 bits per heavy atom. The first-order chi connectivity index (χ1) is 11.4. The predicted octanol–water partition coefficient (Wildman–Crippen LogP) is 1.59. The number of benzene rings is 1. The van der Waals surface area contributed by atoms with Gasteiger partial charge in [-0.15, -0.1) is 0 Å². The predicted molar refractivity (Wildman–Crippen MR) is 92.5 cm³/mol. The first-order valence-electron chi connectivity index (χ1n) is 7.82. The molecule has 0 aliphatic carbocycles. The average molecular weight is 335 g/mol. The van der Waals surface area contributed by atoms with Crippen LogP contribution in [0.4, 0.5) is 10.5 Å². The molecule has 1 saturated heterocycles. The van der Waals surface area contributed by atoms with Gasteiger partial charge in [0, 0.05) is 19.0 Å². The Bertz CT molecular complexity index is 587. The normalized spacial score (nSPS) is 14.0. The summed E-state index contributed by atoms with van der Waals surface area (Å²) in [5.74, 6) is 0.240. The molecule has 1 fully saturated rings. The van der Waals surface area contributed by atoms with Crippen molar-refractivity contribution in [2.45, 2.75) is 20.3 Å². The van der Waals surface area contributed by atoms with Crippen LogP contribution in [-0.4, -0.2) is 56.9 Å². The number of imide groups is 1. The smallest absolute Gasteiger partial charge is 0.328 e. The van der Waals surface area contributed by atoms with E-state index in [0.717, 1.165) is 12.1 Å². The number of urea groups is 1. The molecule has 1 N–H and O–H groups in total. The zero-order valence-corrected chi connectivity index (χ0v) is 14.7. The molecular formula is C17H25N3O4. The van der Waals surface area contributed by atoms with Crippen molar-refractivity contribution >= 4 is 23.9 Å². The molecule has 1 aromatic rings. The molecule has 3 amide bonds. The maximum Gasteiger partial charge on any atom is 0.328 e. The molecule has 0 atom stereocenters. The molecule has 7 heteroatoms. The zero-order valence-electron chi connectivity index (χ0n) is 14.7. The van der Waals surface area contributed by atoms with E-state index in [9.17, 15) is 14.4 Å². The van der Waals surface area contributed by atoms with Crippen LogP contribution in [0.5, 0.6) is 5.75 Å². The van der Waals surface area contributed by atoms with Gasteiger partial charge < -0.3 is 9.64 Å². The fraction of sp³-hybridized carbons (Fsp3) is 0.471. The van der Waals surface area contributed by atoms with Crippen molar-refractivity contribution in [2.24, 2.45) is 0 Å². The summed E-state index contributed by atoms with van der Waals surface area (Å²) in [6, 6.07) is 4.79. The highest BCUT2D eigenvalue weighted by atomic mass is 16.5. The number of carbonyl (C=O) groups is 3. The quantitative estimate of drug-likeness (QED) is 0.827. The van der Waals surface area contributed by atoms with Crippen molar-refractivity contribution in [1.82, 2.24) is 10.2 Å². The van der Waals surface area contributed by atoms with Gasteiger partial charge in [-0.05, 0) is 39.2 Å². The molecule has 1 aliphatic rings. The number of rotatable bonds is 5. The van der Waals surface area contributed by atoms with Crippen LogP contribution in [0.3, 0.4) is 0 Å². The summed E-state index contributed by atoms with van der Waals surface area (Å²) in [5, 5.41) is 2.27. The minimum absolute atomic E-state index is 0.0345. The van der Waals surface area contributed by atoms with Gasteiger partial charge in [0.05, 0.1) is 5.69 Å². The van der Waals surface area contributed by atoms with E-state index in [4.69, 9.17) is 4.74 Å². The third-order valence-electron chi connectivity index (χ3n) is 3.48. The second kappa shape index (κ2) is 9.67. The zero-order chi connectivity index (χ0) is 18.1. The number of anilines is 1. The van der Waals surface area contributed by atoms with Gasteiger partial charge in [-0.3, -0.25) is 19.8 Å². The summed E-state index contributed by atoms with van der Waals surface area (Å²) in [6.07, 6.45) is 0.927. The molecule has 0 saturated carbocycles. The summed E-state index contributed by atoms with van der Waals surface area (Å²) in [6.45, 7) is 5.43.